The number of anilines is 1. The summed E-state index contributed by atoms with van der Waals surface area (Å²) in [6.07, 6.45) is -0.469. The van der Waals surface area contributed by atoms with Gasteiger partial charge >= 0.3 is 5.97 Å². The molecule has 1 aromatic rings. The Labute approximate surface area is 111 Å². The molecule has 0 aromatic heterocycles. The second-order valence-corrected chi connectivity index (χ2v) is 4.16. The number of methoxy groups -OCH3 is 2. The van der Waals surface area contributed by atoms with Gasteiger partial charge in [-0.2, -0.15) is 0 Å². The monoisotopic (exact) mass is 273 g/mol. The molecule has 0 heterocycles. The van der Waals surface area contributed by atoms with Gasteiger partial charge in [-0.1, -0.05) is 11.6 Å². The first-order valence-corrected chi connectivity index (χ1v) is 5.73. The quantitative estimate of drug-likeness (QED) is 0.832. The van der Waals surface area contributed by atoms with Crippen LogP contribution in [0.5, 0.6) is 5.75 Å². The SMILES string of the molecule is COc1ccc(NC(C(=O)O)C(C)OC)cc1Cl. The highest BCUT2D eigenvalue weighted by atomic mass is 35.5. The Morgan fingerprint density at radius 2 is 2.11 bits per heavy atom. The zero-order valence-corrected chi connectivity index (χ0v) is 11.2. The molecule has 2 unspecified atom stereocenters. The van der Waals surface area contributed by atoms with Gasteiger partial charge in [0.2, 0.25) is 0 Å². The second-order valence-electron chi connectivity index (χ2n) is 3.75. The minimum atomic E-state index is -0.990. The summed E-state index contributed by atoms with van der Waals surface area (Å²) < 4.78 is 10.0. The molecule has 1 aromatic carbocycles. The number of aliphatic carboxylic acids is 1. The number of hydrogen-bond donors (Lipinski definition) is 2. The summed E-state index contributed by atoms with van der Waals surface area (Å²) in [7, 11) is 2.98. The Balaban J connectivity index is 2.87. The summed E-state index contributed by atoms with van der Waals surface area (Å²) >= 11 is 5.96. The van der Waals surface area contributed by atoms with E-state index in [9.17, 15) is 4.79 Å². The van der Waals surface area contributed by atoms with E-state index in [0.717, 1.165) is 0 Å². The molecule has 0 fully saturated rings. The predicted octanol–water partition coefficient (Wildman–Crippen LogP) is 2.25. The number of hydrogen-bond acceptors (Lipinski definition) is 4. The van der Waals surface area contributed by atoms with Crippen molar-refractivity contribution >= 4 is 23.3 Å². The van der Waals surface area contributed by atoms with Crippen molar-refractivity contribution in [3.8, 4) is 5.75 Å². The lowest BCUT2D eigenvalue weighted by molar-refractivity contribution is -0.140. The maximum Gasteiger partial charge on any atom is 0.328 e. The standard InChI is InChI=1S/C12H16ClNO4/c1-7(17-2)11(12(15)16)14-8-4-5-10(18-3)9(13)6-8/h4-7,11,14H,1-3H3,(H,15,16). The molecule has 18 heavy (non-hydrogen) atoms. The fraction of sp³-hybridized carbons (Fsp3) is 0.417. The fourth-order valence-electron chi connectivity index (χ4n) is 1.45. The Hall–Kier alpha value is -1.46. The lowest BCUT2D eigenvalue weighted by Crippen LogP contribution is -2.40. The van der Waals surface area contributed by atoms with Crippen LogP contribution in [0.3, 0.4) is 0 Å². The van der Waals surface area contributed by atoms with Gasteiger partial charge in [0, 0.05) is 12.8 Å². The van der Waals surface area contributed by atoms with E-state index >= 15 is 0 Å². The molecular formula is C12H16ClNO4. The maximum absolute atomic E-state index is 11.1. The molecule has 0 spiro atoms. The number of rotatable bonds is 6. The van der Waals surface area contributed by atoms with Crippen molar-refractivity contribution in [2.75, 3.05) is 19.5 Å². The van der Waals surface area contributed by atoms with Crippen LogP contribution in [0.4, 0.5) is 5.69 Å². The van der Waals surface area contributed by atoms with Crippen molar-refractivity contribution in [3.05, 3.63) is 23.2 Å². The third kappa shape index (κ3) is 3.51. The molecule has 0 saturated carbocycles. The van der Waals surface area contributed by atoms with Crippen molar-refractivity contribution < 1.29 is 19.4 Å². The van der Waals surface area contributed by atoms with E-state index in [1.54, 1.807) is 25.1 Å². The predicted molar refractivity (Wildman–Crippen MR) is 69.5 cm³/mol. The highest BCUT2D eigenvalue weighted by Crippen LogP contribution is 2.27. The molecule has 5 nitrogen and oxygen atoms in total. The van der Waals surface area contributed by atoms with E-state index in [1.165, 1.54) is 14.2 Å². The Morgan fingerprint density at radius 1 is 1.44 bits per heavy atom. The van der Waals surface area contributed by atoms with Gasteiger partial charge in [0.1, 0.15) is 5.75 Å². The number of carboxylic acids is 1. The summed E-state index contributed by atoms with van der Waals surface area (Å²) in [5.74, 6) is -0.454. The van der Waals surface area contributed by atoms with Crippen LogP contribution in [0.1, 0.15) is 6.92 Å². The topological polar surface area (TPSA) is 67.8 Å². The zero-order chi connectivity index (χ0) is 13.7. The third-order valence-corrected chi connectivity index (χ3v) is 2.88. The lowest BCUT2D eigenvalue weighted by Gasteiger charge is -2.21. The first-order chi connectivity index (χ1) is 8.49. The normalized spacial score (nSPS) is 13.8. The van der Waals surface area contributed by atoms with Crippen LogP contribution < -0.4 is 10.1 Å². The van der Waals surface area contributed by atoms with Gasteiger partial charge in [0.15, 0.2) is 6.04 Å². The largest absolute Gasteiger partial charge is 0.495 e. The highest BCUT2D eigenvalue weighted by molar-refractivity contribution is 6.32. The van der Waals surface area contributed by atoms with Gasteiger partial charge in [0.25, 0.3) is 0 Å². The number of carboxylic acid groups (broad SMARTS) is 1. The van der Waals surface area contributed by atoms with Crippen molar-refractivity contribution in [3.63, 3.8) is 0 Å². The van der Waals surface area contributed by atoms with Crippen LogP contribution in [-0.2, 0) is 9.53 Å². The minimum absolute atomic E-state index is 0.414. The molecule has 2 N–H and O–H groups in total. The van der Waals surface area contributed by atoms with E-state index in [1.807, 2.05) is 0 Å². The van der Waals surface area contributed by atoms with E-state index in [4.69, 9.17) is 26.2 Å². The summed E-state index contributed by atoms with van der Waals surface area (Å²) in [5, 5.41) is 12.4. The van der Waals surface area contributed by atoms with E-state index in [0.29, 0.717) is 16.5 Å². The molecule has 100 valence electrons. The Bertz CT molecular complexity index is 425. The van der Waals surface area contributed by atoms with Crippen molar-refractivity contribution in [1.29, 1.82) is 0 Å². The molecular weight excluding hydrogens is 258 g/mol. The smallest absolute Gasteiger partial charge is 0.328 e. The molecule has 0 saturated heterocycles. The van der Waals surface area contributed by atoms with Crippen LogP contribution in [0.2, 0.25) is 5.02 Å². The number of carbonyl (C=O) groups is 1. The van der Waals surface area contributed by atoms with Crippen molar-refractivity contribution in [2.24, 2.45) is 0 Å². The Kier molecular flexibility index (Phi) is 5.25. The molecule has 0 aliphatic heterocycles. The number of benzene rings is 1. The van der Waals surface area contributed by atoms with Crippen LogP contribution >= 0.6 is 11.6 Å². The third-order valence-electron chi connectivity index (χ3n) is 2.58. The number of halogens is 1. The Morgan fingerprint density at radius 3 is 2.56 bits per heavy atom. The minimum Gasteiger partial charge on any atom is -0.495 e. The summed E-state index contributed by atoms with van der Waals surface area (Å²) in [4.78, 5) is 11.1. The van der Waals surface area contributed by atoms with E-state index in [-0.39, 0.29) is 0 Å². The number of nitrogens with one attached hydrogen (secondary N) is 1. The van der Waals surface area contributed by atoms with Gasteiger partial charge in [0.05, 0.1) is 18.2 Å². The molecule has 0 amide bonds. The summed E-state index contributed by atoms with van der Waals surface area (Å²) in [5.41, 5.74) is 0.595. The van der Waals surface area contributed by atoms with Gasteiger partial charge in [-0.05, 0) is 25.1 Å². The zero-order valence-electron chi connectivity index (χ0n) is 10.4. The van der Waals surface area contributed by atoms with Gasteiger partial charge in [-0.15, -0.1) is 0 Å². The molecule has 0 aliphatic carbocycles. The van der Waals surface area contributed by atoms with Crippen LogP contribution in [0, 0.1) is 0 Å². The fourth-order valence-corrected chi connectivity index (χ4v) is 1.71. The van der Waals surface area contributed by atoms with Gasteiger partial charge in [-0.25, -0.2) is 4.79 Å². The average Bonchev–Trinajstić information content (AvgIpc) is 2.35. The molecule has 0 aliphatic rings. The summed E-state index contributed by atoms with van der Waals surface area (Å²) in [6.45, 7) is 1.68. The van der Waals surface area contributed by atoms with Gasteiger partial charge in [-0.3, -0.25) is 0 Å². The number of ether oxygens (including phenoxy) is 2. The molecule has 0 radical (unpaired) electrons. The average molecular weight is 274 g/mol. The first-order valence-electron chi connectivity index (χ1n) is 5.35. The first kappa shape index (κ1) is 14.6. The van der Waals surface area contributed by atoms with Crippen molar-refractivity contribution in [2.45, 2.75) is 19.1 Å². The highest BCUT2D eigenvalue weighted by Gasteiger charge is 2.24. The van der Waals surface area contributed by atoms with Gasteiger partial charge < -0.3 is 19.9 Å². The molecule has 2 atom stereocenters. The van der Waals surface area contributed by atoms with Crippen molar-refractivity contribution in [1.82, 2.24) is 0 Å². The summed E-state index contributed by atoms with van der Waals surface area (Å²) in [6, 6.07) is 4.13. The van der Waals surface area contributed by atoms with Crippen LogP contribution in [0.25, 0.3) is 0 Å². The van der Waals surface area contributed by atoms with E-state index < -0.39 is 18.1 Å². The molecule has 6 heteroatoms. The van der Waals surface area contributed by atoms with Crippen LogP contribution in [-0.4, -0.2) is 37.4 Å². The van der Waals surface area contributed by atoms with Crippen LogP contribution in [0.15, 0.2) is 18.2 Å². The second kappa shape index (κ2) is 6.47. The molecule has 1 rings (SSSR count). The molecule has 0 bridgehead atoms. The maximum atomic E-state index is 11.1. The van der Waals surface area contributed by atoms with E-state index in [2.05, 4.69) is 5.32 Å². The lowest BCUT2D eigenvalue weighted by atomic mass is 10.1.